The van der Waals surface area contributed by atoms with E-state index in [1.165, 1.54) is 30.0 Å². The normalized spacial score (nSPS) is 12.0. The zero-order chi connectivity index (χ0) is 15.2. The molecule has 1 atom stereocenters. The van der Waals surface area contributed by atoms with Crippen molar-refractivity contribution in [3.8, 4) is 11.1 Å². The quantitative estimate of drug-likeness (QED) is 0.727. The Kier molecular flexibility index (Phi) is 5.15. The van der Waals surface area contributed by atoms with Crippen molar-refractivity contribution in [3.63, 3.8) is 0 Å². The van der Waals surface area contributed by atoms with Gasteiger partial charge >= 0.3 is 5.97 Å². The summed E-state index contributed by atoms with van der Waals surface area (Å²) in [6, 6.07) is 16.9. The van der Waals surface area contributed by atoms with E-state index in [1.807, 2.05) is 19.1 Å². The first-order chi connectivity index (χ1) is 10.1. The van der Waals surface area contributed by atoms with Crippen molar-refractivity contribution in [2.24, 2.45) is 0 Å². The fourth-order valence-corrected chi connectivity index (χ4v) is 2.42. The number of carbonyl (C=O) groups is 1. The lowest BCUT2D eigenvalue weighted by molar-refractivity contribution is -0.145. The molecule has 2 aromatic rings. The van der Waals surface area contributed by atoms with E-state index in [0.29, 0.717) is 0 Å². The fourth-order valence-electron chi connectivity index (χ4n) is 2.42. The van der Waals surface area contributed by atoms with Crippen molar-refractivity contribution >= 4 is 5.97 Å². The van der Waals surface area contributed by atoms with Crippen molar-refractivity contribution in [2.75, 3.05) is 0 Å². The monoisotopic (exact) mass is 282 g/mol. The maximum Gasteiger partial charge on any atom is 0.303 e. The molecule has 0 aliphatic heterocycles. The molecule has 0 aromatic heterocycles. The van der Waals surface area contributed by atoms with Gasteiger partial charge in [-0.2, -0.15) is 0 Å². The largest absolute Gasteiger partial charge is 0.458 e. The molecule has 0 radical (unpaired) electrons. The van der Waals surface area contributed by atoms with Gasteiger partial charge in [-0.3, -0.25) is 4.79 Å². The van der Waals surface area contributed by atoms with Crippen molar-refractivity contribution in [1.82, 2.24) is 0 Å². The van der Waals surface area contributed by atoms with E-state index in [2.05, 4.69) is 43.3 Å². The highest BCUT2D eigenvalue weighted by molar-refractivity contribution is 5.67. The van der Waals surface area contributed by atoms with Crippen LogP contribution in [-0.4, -0.2) is 5.97 Å². The first-order valence-electron chi connectivity index (χ1n) is 7.46. The van der Waals surface area contributed by atoms with Crippen molar-refractivity contribution < 1.29 is 9.53 Å². The molecule has 0 aliphatic rings. The number of ether oxygens (including phenoxy) is 1. The lowest BCUT2D eigenvalue weighted by Gasteiger charge is -2.12. The second-order valence-electron chi connectivity index (χ2n) is 5.32. The molecule has 2 nitrogen and oxygen atoms in total. The molecule has 0 aliphatic carbocycles. The van der Waals surface area contributed by atoms with Crippen LogP contribution in [0, 0.1) is 0 Å². The maximum absolute atomic E-state index is 11.0. The van der Waals surface area contributed by atoms with Crippen LogP contribution in [0.4, 0.5) is 0 Å². The average molecular weight is 282 g/mol. The summed E-state index contributed by atoms with van der Waals surface area (Å²) in [5, 5.41) is 0. The second kappa shape index (κ2) is 7.07. The summed E-state index contributed by atoms with van der Waals surface area (Å²) < 4.78 is 5.19. The summed E-state index contributed by atoms with van der Waals surface area (Å²) in [6.07, 6.45) is 2.09. The van der Waals surface area contributed by atoms with Crippen molar-refractivity contribution in [2.45, 2.75) is 39.7 Å². The van der Waals surface area contributed by atoms with Crippen LogP contribution in [-0.2, 0) is 16.0 Å². The average Bonchev–Trinajstić information content (AvgIpc) is 2.48. The topological polar surface area (TPSA) is 26.3 Å². The second-order valence-corrected chi connectivity index (χ2v) is 5.32. The molecule has 0 heterocycles. The summed E-state index contributed by atoms with van der Waals surface area (Å²) >= 11 is 0. The Balaban J connectivity index is 2.12. The number of aryl methyl sites for hydroxylation is 1. The van der Waals surface area contributed by atoms with Crippen LogP contribution in [0.3, 0.4) is 0 Å². The van der Waals surface area contributed by atoms with E-state index in [-0.39, 0.29) is 12.1 Å². The molecule has 21 heavy (non-hydrogen) atoms. The van der Waals surface area contributed by atoms with Crippen molar-refractivity contribution in [1.29, 1.82) is 0 Å². The van der Waals surface area contributed by atoms with Gasteiger partial charge in [0.1, 0.15) is 6.10 Å². The molecule has 2 rings (SSSR count). The molecular weight excluding hydrogens is 260 g/mol. The van der Waals surface area contributed by atoms with E-state index < -0.39 is 0 Å². The van der Waals surface area contributed by atoms with Gasteiger partial charge in [0.2, 0.25) is 0 Å². The Morgan fingerprint density at radius 2 is 1.52 bits per heavy atom. The van der Waals surface area contributed by atoms with Crippen LogP contribution in [0.1, 0.15) is 44.4 Å². The van der Waals surface area contributed by atoms with Gasteiger partial charge < -0.3 is 4.74 Å². The molecule has 0 amide bonds. The number of rotatable bonds is 5. The highest BCUT2D eigenvalue weighted by Gasteiger charge is 2.08. The summed E-state index contributed by atoms with van der Waals surface area (Å²) in [4.78, 5) is 11.0. The molecule has 110 valence electrons. The number of carbonyl (C=O) groups excluding carboxylic acids is 1. The third-order valence-electron chi connectivity index (χ3n) is 3.55. The standard InChI is InChI=1S/C19H22O2/c1-4-5-16-6-8-18(9-7-16)19-12-10-17(11-13-19)14(2)21-15(3)20/h6-14H,4-5H2,1-3H3. The van der Waals surface area contributed by atoms with E-state index in [9.17, 15) is 4.79 Å². The Morgan fingerprint density at radius 3 is 2.00 bits per heavy atom. The van der Waals surface area contributed by atoms with Gasteiger partial charge in [-0.1, -0.05) is 61.9 Å². The summed E-state index contributed by atoms with van der Waals surface area (Å²) in [7, 11) is 0. The highest BCUT2D eigenvalue weighted by atomic mass is 16.5. The Morgan fingerprint density at radius 1 is 1.00 bits per heavy atom. The molecule has 1 unspecified atom stereocenters. The number of hydrogen-bond donors (Lipinski definition) is 0. The summed E-state index contributed by atoms with van der Waals surface area (Å²) in [5.74, 6) is -0.252. The molecule has 2 heteroatoms. The zero-order valence-corrected chi connectivity index (χ0v) is 12.9. The minimum Gasteiger partial charge on any atom is -0.458 e. The van der Waals surface area contributed by atoms with Crippen LogP contribution in [0.25, 0.3) is 11.1 Å². The summed E-state index contributed by atoms with van der Waals surface area (Å²) in [6.45, 7) is 5.51. The van der Waals surface area contributed by atoms with Crippen LogP contribution >= 0.6 is 0 Å². The predicted molar refractivity (Wildman–Crippen MR) is 86.1 cm³/mol. The minimum absolute atomic E-state index is 0.205. The third kappa shape index (κ3) is 4.19. The van der Waals surface area contributed by atoms with E-state index >= 15 is 0 Å². The lowest BCUT2D eigenvalue weighted by atomic mass is 10.00. The third-order valence-corrected chi connectivity index (χ3v) is 3.55. The first-order valence-corrected chi connectivity index (χ1v) is 7.46. The van der Waals surface area contributed by atoms with E-state index in [4.69, 9.17) is 4.74 Å². The molecule has 0 saturated heterocycles. The van der Waals surface area contributed by atoms with Crippen LogP contribution in [0.5, 0.6) is 0 Å². The molecule has 0 bridgehead atoms. The zero-order valence-electron chi connectivity index (χ0n) is 12.9. The Labute approximate surface area is 126 Å². The maximum atomic E-state index is 11.0. The van der Waals surface area contributed by atoms with Crippen molar-refractivity contribution in [3.05, 3.63) is 59.7 Å². The number of benzene rings is 2. The summed E-state index contributed by atoms with van der Waals surface area (Å²) in [5.41, 5.74) is 4.77. The molecule has 0 fully saturated rings. The number of esters is 1. The molecule has 0 N–H and O–H groups in total. The highest BCUT2D eigenvalue weighted by Crippen LogP contribution is 2.24. The molecule has 0 saturated carbocycles. The minimum atomic E-state index is -0.252. The lowest BCUT2D eigenvalue weighted by Crippen LogP contribution is -2.04. The molecular formula is C19H22O2. The molecule has 2 aromatic carbocycles. The van der Waals surface area contributed by atoms with E-state index in [0.717, 1.165) is 12.0 Å². The van der Waals surface area contributed by atoms with Gasteiger partial charge in [-0.25, -0.2) is 0 Å². The fraction of sp³-hybridized carbons (Fsp3) is 0.316. The first kappa shape index (κ1) is 15.3. The van der Waals surface area contributed by atoms with Crippen LogP contribution in [0.2, 0.25) is 0 Å². The predicted octanol–water partition coefficient (Wildman–Crippen LogP) is 4.93. The Hall–Kier alpha value is -2.09. The van der Waals surface area contributed by atoms with Gasteiger partial charge in [0, 0.05) is 6.92 Å². The SMILES string of the molecule is CCCc1ccc(-c2ccc(C(C)OC(C)=O)cc2)cc1. The smallest absolute Gasteiger partial charge is 0.303 e. The number of hydrogen-bond acceptors (Lipinski definition) is 2. The molecule has 0 spiro atoms. The Bertz CT molecular complexity index is 582. The van der Waals surface area contributed by atoms with Gasteiger partial charge in [-0.05, 0) is 35.6 Å². The van der Waals surface area contributed by atoms with Gasteiger partial charge in [0.25, 0.3) is 0 Å². The van der Waals surface area contributed by atoms with Crippen LogP contribution in [0.15, 0.2) is 48.5 Å². The van der Waals surface area contributed by atoms with Gasteiger partial charge in [-0.15, -0.1) is 0 Å². The van der Waals surface area contributed by atoms with Gasteiger partial charge in [0.05, 0.1) is 0 Å². The van der Waals surface area contributed by atoms with Crippen LogP contribution < -0.4 is 0 Å². The van der Waals surface area contributed by atoms with E-state index in [1.54, 1.807) is 0 Å². The van der Waals surface area contributed by atoms with Gasteiger partial charge in [0.15, 0.2) is 0 Å².